The molecule has 0 aliphatic heterocycles. The van der Waals surface area contributed by atoms with Crippen molar-refractivity contribution in [2.45, 2.75) is 32.7 Å². The maximum absolute atomic E-state index is 11.9. The number of ether oxygens (including phenoxy) is 1. The van der Waals surface area contributed by atoms with Gasteiger partial charge in [0.05, 0.1) is 13.0 Å². The van der Waals surface area contributed by atoms with Crippen LogP contribution in [0, 0.1) is 5.92 Å². The second-order valence-electron chi connectivity index (χ2n) is 7.40. The highest BCUT2D eigenvalue weighted by Crippen LogP contribution is 2.37. The summed E-state index contributed by atoms with van der Waals surface area (Å²) in [6.45, 7) is 8.87. The van der Waals surface area contributed by atoms with Crippen LogP contribution in [0.15, 0.2) is 60.7 Å². The van der Waals surface area contributed by atoms with Crippen molar-refractivity contribution in [2.24, 2.45) is 5.92 Å². The largest absolute Gasteiger partial charge is 0.469 e. The lowest BCUT2D eigenvalue weighted by molar-refractivity contribution is -0.145. The summed E-state index contributed by atoms with van der Waals surface area (Å²) < 4.78 is 11.6. The van der Waals surface area contributed by atoms with Crippen molar-refractivity contribution >= 4 is 24.7 Å². The van der Waals surface area contributed by atoms with E-state index in [1.54, 1.807) is 0 Å². The first-order valence-corrected chi connectivity index (χ1v) is 10.6. The van der Waals surface area contributed by atoms with Crippen LogP contribution in [0.25, 0.3) is 0 Å². The minimum atomic E-state index is -2.58. The van der Waals surface area contributed by atoms with E-state index in [9.17, 15) is 4.79 Å². The lowest BCUT2D eigenvalue weighted by atomic mass is 10.2. The van der Waals surface area contributed by atoms with Gasteiger partial charge in [0.2, 0.25) is 0 Å². The number of methoxy groups -OCH3 is 1. The molecule has 0 bridgehead atoms. The first-order valence-electron chi connectivity index (χ1n) is 8.65. The van der Waals surface area contributed by atoms with Gasteiger partial charge in [-0.2, -0.15) is 0 Å². The SMILES string of the molecule is COC(=O)[C@H](C)CO[Si](c1ccccc1)(c1ccccc1)C(C)(C)C. The summed E-state index contributed by atoms with van der Waals surface area (Å²) in [4.78, 5) is 11.9. The average molecular weight is 357 g/mol. The maximum atomic E-state index is 11.9. The Morgan fingerprint density at radius 3 is 1.76 bits per heavy atom. The summed E-state index contributed by atoms with van der Waals surface area (Å²) in [7, 11) is -1.16. The van der Waals surface area contributed by atoms with Crippen molar-refractivity contribution < 1.29 is 14.0 Å². The van der Waals surface area contributed by atoms with Crippen LogP contribution in [0.4, 0.5) is 0 Å². The van der Waals surface area contributed by atoms with E-state index >= 15 is 0 Å². The highest BCUT2D eigenvalue weighted by Gasteiger charge is 2.50. The highest BCUT2D eigenvalue weighted by molar-refractivity contribution is 6.99. The Morgan fingerprint density at radius 2 is 1.40 bits per heavy atom. The van der Waals surface area contributed by atoms with Crippen molar-refractivity contribution in [3.63, 3.8) is 0 Å². The first-order chi connectivity index (χ1) is 11.8. The standard InChI is InChI=1S/C21H28O3Si/c1-17(20(22)23-5)16-24-25(21(2,3)4,18-12-8-6-9-13-18)19-14-10-7-11-15-19/h6-15,17H,16H2,1-5H3/t17-/m1/s1. The van der Waals surface area contributed by atoms with Gasteiger partial charge in [-0.25, -0.2) is 0 Å². The van der Waals surface area contributed by atoms with Crippen LogP contribution in [-0.4, -0.2) is 28.0 Å². The molecule has 0 aliphatic rings. The van der Waals surface area contributed by atoms with Crippen LogP contribution in [-0.2, 0) is 14.0 Å². The quantitative estimate of drug-likeness (QED) is 0.588. The molecule has 2 rings (SSSR count). The molecule has 0 unspecified atom stereocenters. The second-order valence-corrected chi connectivity index (χ2v) is 11.7. The van der Waals surface area contributed by atoms with Crippen LogP contribution in [0.3, 0.4) is 0 Å². The molecule has 0 saturated heterocycles. The molecule has 0 radical (unpaired) electrons. The number of carbonyl (C=O) groups is 1. The third-order valence-corrected chi connectivity index (χ3v) is 9.58. The van der Waals surface area contributed by atoms with Crippen molar-refractivity contribution in [1.29, 1.82) is 0 Å². The summed E-state index contributed by atoms with van der Waals surface area (Å²) in [5, 5.41) is 2.34. The van der Waals surface area contributed by atoms with E-state index in [4.69, 9.17) is 9.16 Å². The molecule has 0 heterocycles. The van der Waals surface area contributed by atoms with Crippen LogP contribution < -0.4 is 10.4 Å². The zero-order chi connectivity index (χ0) is 18.5. The van der Waals surface area contributed by atoms with Crippen LogP contribution in [0.2, 0.25) is 5.04 Å². The molecule has 1 atom stereocenters. The molecular weight excluding hydrogens is 328 g/mol. The molecule has 0 spiro atoms. The van der Waals surface area contributed by atoms with Crippen molar-refractivity contribution in [1.82, 2.24) is 0 Å². The fourth-order valence-electron chi connectivity index (χ4n) is 3.28. The Kier molecular flexibility index (Phi) is 6.19. The third kappa shape index (κ3) is 4.02. The van der Waals surface area contributed by atoms with Crippen LogP contribution in [0.1, 0.15) is 27.7 Å². The molecule has 0 fully saturated rings. The second kappa shape index (κ2) is 7.98. The fourth-order valence-corrected chi connectivity index (χ4v) is 7.94. The van der Waals surface area contributed by atoms with E-state index in [1.807, 2.05) is 19.1 Å². The smallest absolute Gasteiger partial charge is 0.310 e. The summed E-state index contributed by atoms with van der Waals surface area (Å²) >= 11 is 0. The van der Waals surface area contributed by atoms with Gasteiger partial charge in [-0.1, -0.05) is 81.4 Å². The number of carbonyl (C=O) groups excluding carboxylic acids is 1. The van der Waals surface area contributed by atoms with Crippen molar-refractivity contribution in [3.8, 4) is 0 Å². The van der Waals surface area contributed by atoms with E-state index in [2.05, 4.69) is 69.3 Å². The van der Waals surface area contributed by atoms with Gasteiger partial charge in [0.1, 0.15) is 0 Å². The summed E-state index contributed by atoms with van der Waals surface area (Å²) in [6.07, 6.45) is 0. The van der Waals surface area contributed by atoms with E-state index in [0.717, 1.165) is 0 Å². The van der Waals surface area contributed by atoms with Crippen molar-refractivity contribution in [2.75, 3.05) is 13.7 Å². The number of esters is 1. The Hall–Kier alpha value is -1.91. The molecule has 0 aromatic heterocycles. The normalized spacial score (nSPS) is 13.3. The zero-order valence-corrected chi connectivity index (χ0v) is 16.8. The number of hydrogen-bond acceptors (Lipinski definition) is 3. The van der Waals surface area contributed by atoms with Crippen molar-refractivity contribution in [3.05, 3.63) is 60.7 Å². The summed E-state index contributed by atoms with van der Waals surface area (Å²) in [5.74, 6) is -0.537. The highest BCUT2D eigenvalue weighted by atomic mass is 28.4. The molecule has 0 amide bonds. The average Bonchev–Trinajstić information content (AvgIpc) is 2.62. The predicted octanol–water partition coefficient (Wildman–Crippen LogP) is 3.37. The fraction of sp³-hybridized carbons (Fsp3) is 0.381. The number of hydrogen-bond donors (Lipinski definition) is 0. The van der Waals surface area contributed by atoms with Gasteiger partial charge >= 0.3 is 5.97 Å². The minimum absolute atomic E-state index is 0.0917. The zero-order valence-electron chi connectivity index (χ0n) is 15.8. The Bertz CT molecular complexity index is 638. The van der Waals surface area contributed by atoms with Gasteiger partial charge < -0.3 is 9.16 Å². The monoisotopic (exact) mass is 356 g/mol. The molecule has 0 saturated carbocycles. The topological polar surface area (TPSA) is 35.5 Å². The van der Waals surface area contributed by atoms with Gasteiger partial charge in [-0.05, 0) is 22.3 Å². The van der Waals surface area contributed by atoms with Gasteiger partial charge in [-0.15, -0.1) is 0 Å². The molecule has 4 heteroatoms. The molecular formula is C21H28O3Si. The first kappa shape index (κ1) is 19.4. The molecule has 3 nitrogen and oxygen atoms in total. The van der Waals surface area contributed by atoms with Gasteiger partial charge in [-0.3, -0.25) is 4.79 Å². The minimum Gasteiger partial charge on any atom is -0.469 e. The summed E-state index contributed by atoms with van der Waals surface area (Å²) in [6, 6.07) is 20.8. The maximum Gasteiger partial charge on any atom is 0.310 e. The van der Waals surface area contributed by atoms with E-state index < -0.39 is 8.32 Å². The van der Waals surface area contributed by atoms with Crippen LogP contribution >= 0.6 is 0 Å². The molecule has 0 aliphatic carbocycles. The predicted molar refractivity (Wildman–Crippen MR) is 105 cm³/mol. The van der Waals surface area contributed by atoms with E-state index in [1.165, 1.54) is 17.5 Å². The molecule has 2 aromatic rings. The van der Waals surface area contributed by atoms with E-state index in [0.29, 0.717) is 6.61 Å². The molecule has 134 valence electrons. The van der Waals surface area contributed by atoms with Crippen LogP contribution in [0.5, 0.6) is 0 Å². The lowest BCUT2D eigenvalue weighted by Gasteiger charge is -2.43. The Morgan fingerprint density at radius 1 is 0.960 bits per heavy atom. The van der Waals surface area contributed by atoms with Gasteiger partial charge in [0, 0.05) is 6.61 Å². The third-order valence-electron chi connectivity index (χ3n) is 4.57. The Labute approximate surface area is 152 Å². The van der Waals surface area contributed by atoms with Gasteiger partial charge in [0.25, 0.3) is 8.32 Å². The lowest BCUT2D eigenvalue weighted by Crippen LogP contribution is -2.67. The number of benzene rings is 2. The Balaban J connectivity index is 2.55. The summed E-state index contributed by atoms with van der Waals surface area (Å²) in [5.41, 5.74) is 0. The molecule has 2 aromatic carbocycles. The number of rotatable bonds is 6. The molecule has 0 N–H and O–H groups in total. The molecule has 25 heavy (non-hydrogen) atoms. The van der Waals surface area contributed by atoms with E-state index in [-0.39, 0.29) is 16.9 Å². The van der Waals surface area contributed by atoms with Gasteiger partial charge in [0.15, 0.2) is 0 Å².